The maximum atomic E-state index is 13.5. The number of rotatable bonds is 5. The van der Waals surface area contributed by atoms with Gasteiger partial charge in [0.25, 0.3) is 0 Å². The Labute approximate surface area is 230 Å². The molecule has 0 radical (unpaired) electrons. The van der Waals surface area contributed by atoms with Crippen molar-refractivity contribution in [1.29, 1.82) is 0 Å². The van der Waals surface area contributed by atoms with Gasteiger partial charge in [-0.2, -0.15) is 5.10 Å². The highest BCUT2D eigenvalue weighted by atomic mass is 35.5. The second-order valence-electron chi connectivity index (χ2n) is 9.73. The van der Waals surface area contributed by atoms with Gasteiger partial charge in [-0.15, -0.1) is 0 Å². The van der Waals surface area contributed by atoms with Crippen molar-refractivity contribution in [3.8, 4) is 28.4 Å². The molecule has 7 nitrogen and oxygen atoms in total. The van der Waals surface area contributed by atoms with Crippen molar-refractivity contribution in [2.24, 2.45) is 0 Å². The summed E-state index contributed by atoms with van der Waals surface area (Å²) in [5.41, 5.74) is 7.06. The minimum absolute atomic E-state index is 0.127. The van der Waals surface area contributed by atoms with Crippen LogP contribution in [0.1, 0.15) is 29.9 Å². The average Bonchev–Trinajstić information content (AvgIpc) is 3.67. The quantitative estimate of drug-likeness (QED) is 0.256. The van der Waals surface area contributed by atoms with Gasteiger partial charge in [0, 0.05) is 62.4 Å². The number of allylic oxidation sites excluding steroid dienone is 2. The zero-order chi connectivity index (χ0) is 26.7. The number of hydrogen-bond acceptors (Lipinski definition) is 5. The number of halogens is 1. The van der Waals surface area contributed by atoms with Gasteiger partial charge in [-0.1, -0.05) is 29.8 Å². The third-order valence-electron chi connectivity index (χ3n) is 7.66. The van der Waals surface area contributed by atoms with Crippen LogP contribution in [0.15, 0.2) is 84.2 Å². The Balaban J connectivity index is 1.57. The fourth-order valence-electron chi connectivity index (χ4n) is 5.86. The molecule has 1 atom stereocenters. The number of H-pyrrole nitrogens is 1. The second-order valence-corrected chi connectivity index (χ2v) is 10.2. The van der Waals surface area contributed by atoms with E-state index in [2.05, 4.69) is 16.4 Å². The molecule has 0 saturated heterocycles. The van der Waals surface area contributed by atoms with Gasteiger partial charge in [0.2, 0.25) is 0 Å². The number of aromatic amines is 1. The van der Waals surface area contributed by atoms with E-state index in [4.69, 9.17) is 26.2 Å². The lowest BCUT2D eigenvalue weighted by Gasteiger charge is -2.28. The third kappa shape index (κ3) is 3.65. The normalized spacial score (nSPS) is 16.3. The molecule has 3 aromatic carbocycles. The molecule has 8 heteroatoms. The van der Waals surface area contributed by atoms with E-state index in [9.17, 15) is 4.79 Å². The molecule has 0 amide bonds. The molecule has 5 aromatic rings. The first-order chi connectivity index (χ1) is 19.1. The van der Waals surface area contributed by atoms with E-state index < -0.39 is 5.92 Å². The minimum Gasteiger partial charge on any atom is -0.497 e. The summed E-state index contributed by atoms with van der Waals surface area (Å²) < 4.78 is 13.4. The first-order valence-corrected chi connectivity index (χ1v) is 13.2. The molecule has 3 heterocycles. The molecule has 39 heavy (non-hydrogen) atoms. The number of ether oxygens (including phenoxy) is 2. The molecule has 2 N–H and O–H groups in total. The number of fused-ring (bicyclic) bond motifs is 2. The highest BCUT2D eigenvalue weighted by molar-refractivity contribution is 6.30. The summed E-state index contributed by atoms with van der Waals surface area (Å²) in [6.45, 7) is 0. The molecule has 2 aromatic heterocycles. The monoisotopic (exact) mass is 536 g/mol. The van der Waals surface area contributed by atoms with Gasteiger partial charge in [-0.3, -0.25) is 4.79 Å². The molecule has 1 unspecified atom stereocenters. The predicted molar refractivity (Wildman–Crippen MR) is 152 cm³/mol. The summed E-state index contributed by atoms with van der Waals surface area (Å²) in [5, 5.41) is 10.5. The number of nitrogens with one attached hydrogen (secondary N) is 2. The van der Waals surface area contributed by atoms with E-state index in [1.54, 1.807) is 14.2 Å². The van der Waals surface area contributed by atoms with Crippen molar-refractivity contribution in [1.82, 2.24) is 14.8 Å². The van der Waals surface area contributed by atoms with Gasteiger partial charge < -0.3 is 19.8 Å². The molecular formula is C31H25ClN4O3. The van der Waals surface area contributed by atoms with Crippen LogP contribution in [0.5, 0.6) is 11.5 Å². The van der Waals surface area contributed by atoms with Crippen LogP contribution >= 0.6 is 11.6 Å². The summed E-state index contributed by atoms with van der Waals surface area (Å²) in [7, 11) is 3.29. The van der Waals surface area contributed by atoms with Crippen molar-refractivity contribution in [3.63, 3.8) is 0 Å². The molecule has 0 fully saturated rings. The molecule has 0 bridgehead atoms. The van der Waals surface area contributed by atoms with E-state index >= 15 is 0 Å². The highest BCUT2D eigenvalue weighted by Crippen LogP contribution is 2.53. The molecule has 0 saturated carbocycles. The van der Waals surface area contributed by atoms with Gasteiger partial charge >= 0.3 is 0 Å². The summed E-state index contributed by atoms with van der Waals surface area (Å²) in [6.07, 6.45) is 3.09. The van der Waals surface area contributed by atoms with E-state index in [0.29, 0.717) is 29.4 Å². The van der Waals surface area contributed by atoms with Gasteiger partial charge in [0.15, 0.2) is 5.78 Å². The number of carbonyl (C=O) groups is 1. The van der Waals surface area contributed by atoms with Crippen LogP contribution in [0.2, 0.25) is 5.02 Å². The fraction of sp³-hybridized carbons (Fsp3) is 0.161. The molecule has 2 aliphatic rings. The van der Waals surface area contributed by atoms with E-state index in [1.165, 1.54) is 0 Å². The molecule has 1 aliphatic heterocycles. The van der Waals surface area contributed by atoms with E-state index in [-0.39, 0.29) is 5.78 Å². The molecule has 7 rings (SSSR count). The van der Waals surface area contributed by atoms with E-state index in [0.717, 1.165) is 56.1 Å². The lowest BCUT2D eigenvalue weighted by Crippen LogP contribution is -2.21. The van der Waals surface area contributed by atoms with Crippen molar-refractivity contribution in [2.45, 2.75) is 18.8 Å². The molecule has 194 valence electrons. The number of nitrogens with zero attached hydrogens (tertiary/aromatic N) is 2. The maximum Gasteiger partial charge on any atom is 0.161 e. The Morgan fingerprint density at radius 1 is 1.00 bits per heavy atom. The number of carbonyl (C=O) groups excluding carboxylic acids is 1. The smallest absolute Gasteiger partial charge is 0.161 e. The summed E-state index contributed by atoms with van der Waals surface area (Å²) in [4.78, 5) is 16.9. The molecule has 1 aliphatic carbocycles. The fourth-order valence-corrected chi connectivity index (χ4v) is 5.99. The Kier molecular flexibility index (Phi) is 5.49. The number of methoxy groups -OCH3 is 2. The Bertz CT molecular complexity index is 1800. The molecule has 0 spiro atoms. The van der Waals surface area contributed by atoms with Crippen LogP contribution < -0.4 is 14.8 Å². The lowest BCUT2D eigenvalue weighted by atomic mass is 9.80. The number of benzene rings is 3. The van der Waals surface area contributed by atoms with Gasteiger partial charge in [0.1, 0.15) is 23.0 Å². The van der Waals surface area contributed by atoms with Crippen LogP contribution in [0.25, 0.3) is 27.8 Å². The first kappa shape index (κ1) is 23.6. The van der Waals surface area contributed by atoms with Gasteiger partial charge in [-0.25, -0.2) is 4.68 Å². The number of aromatic nitrogens is 3. The minimum atomic E-state index is -0.402. The second kappa shape index (κ2) is 9.06. The zero-order valence-electron chi connectivity index (χ0n) is 21.4. The number of anilines is 1. The standard InChI is InChI=1S/C31H25ClN4O3/c1-38-19-11-14-26(39-2)21(15-19)27-28-24(12-13-25(28)37)34-31-29(27)30(22-16-33-23-6-4-3-5-20(22)23)35-36(31)18-9-7-17(32)8-10-18/h3-11,14-16,27,33-34H,12-13H2,1-2H3. The van der Waals surface area contributed by atoms with Crippen molar-refractivity contribution in [3.05, 3.63) is 100 Å². The zero-order valence-corrected chi connectivity index (χ0v) is 22.2. The van der Waals surface area contributed by atoms with Crippen LogP contribution in [-0.2, 0) is 4.79 Å². The van der Waals surface area contributed by atoms with E-state index in [1.807, 2.05) is 71.5 Å². The SMILES string of the molecule is COc1ccc(OC)c(C2C3=C(CCC3=O)Nc3c2c(-c2c[nH]c4ccccc24)nn3-c2ccc(Cl)cc2)c1. The number of ketones is 1. The topological polar surface area (TPSA) is 81.2 Å². The maximum absolute atomic E-state index is 13.5. The van der Waals surface area contributed by atoms with Crippen LogP contribution in [-0.4, -0.2) is 34.8 Å². The van der Waals surface area contributed by atoms with Crippen molar-refractivity contribution in [2.75, 3.05) is 19.5 Å². The third-order valence-corrected chi connectivity index (χ3v) is 7.91. The largest absolute Gasteiger partial charge is 0.497 e. The lowest BCUT2D eigenvalue weighted by molar-refractivity contribution is -0.115. The van der Waals surface area contributed by atoms with Crippen LogP contribution in [0, 0.1) is 0 Å². The summed E-state index contributed by atoms with van der Waals surface area (Å²) in [5.74, 6) is 1.92. The number of hydrogen-bond donors (Lipinski definition) is 2. The number of para-hydroxylation sites is 1. The summed E-state index contributed by atoms with van der Waals surface area (Å²) >= 11 is 6.23. The first-order valence-electron chi connectivity index (χ1n) is 12.8. The average molecular weight is 537 g/mol. The molecular weight excluding hydrogens is 512 g/mol. The van der Waals surface area contributed by atoms with Gasteiger partial charge in [0.05, 0.1) is 19.9 Å². The predicted octanol–water partition coefficient (Wildman–Crippen LogP) is 6.87. The van der Waals surface area contributed by atoms with Crippen molar-refractivity contribution >= 4 is 34.1 Å². The Morgan fingerprint density at radius 3 is 2.62 bits per heavy atom. The Morgan fingerprint density at radius 2 is 1.82 bits per heavy atom. The summed E-state index contributed by atoms with van der Waals surface area (Å²) in [6, 6.07) is 21.5. The highest BCUT2D eigenvalue weighted by Gasteiger charge is 2.42. The van der Waals surface area contributed by atoms with Gasteiger partial charge in [-0.05, 0) is 55.0 Å². The van der Waals surface area contributed by atoms with Crippen molar-refractivity contribution < 1.29 is 14.3 Å². The van der Waals surface area contributed by atoms with Crippen LogP contribution in [0.4, 0.5) is 5.82 Å². The van der Waals surface area contributed by atoms with Crippen LogP contribution in [0.3, 0.4) is 0 Å². The Hall–Kier alpha value is -4.49. The number of Topliss-reactive ketones (excluding diaryl/α,β-unsaturated/α-hetero) is 1.